The molecule has 0 amide bonds. The molecule has 18 heavy (non-hydrogen) atoms. The molecule has 1 N–H and O–H groups in total. The number of rotatable bonds is 3. The molecule has 0 fully saturated rings. The van der Waals surface area contributed by atoms with Gasteiger partial charge in [0.1, 0.15) is 0 Å². The van der Waals surface area contributed by atoms with Crippen molar-refractivity contribution in [3.63, 3.8) is 0 Å². The molecule has 0 saturated carbocycles. The number of allylic oxidation sites excluding steroid dienone is 2. The highest BCUT2D eigenvalue weighted by molar-refractivity contribution is 5.91. The molecule has 0 spiro atoms. The molecule has 1 heterocycles. The number of anilines is 1. The predicted molar refractivity (Wildman–Crippen MR) is 76.7 cm³/mol. The van der Waals surface area contributed by atoms with Gasteiger partial charge in [0.05, 0.1) is 5.52 Å². The monoisotopic (exact) mass is 238 g/mol. The highest BCUT2D eigenvalue weighted by Gasteiger charge is 2.10. The van der Waals surface area contributed by atoms with Gasteiger partial charge in [0.2, 0.25) is 0 Å². The van der Waals surface area contributed by atoms with Crippen LogP contribution in [0, 0.1) is 5.92 Å². The van der Waals surface area contributed by atoms with Gasteiger partial charge < -0.3 is 5.32 Å². The molecule has 1 unspecified atom stereocenters. The van der Waals surface area contributed by atoms with Gasteiger partial charge in [-0.25, -0.2) is 0 Å². The molecule has 2 nitrogen and oxygen atoms in total. The molecular weight excluding hydrogens is 220 g/mol. The van der Waals surface area contributed by atoms with E-state index in [0.29, 0.717) is 0 Å². The number of fused-ring (bicyclic) bond motifs is 1. The van der Waals surface area contributed by atoms with Crippen molar-refractivity contribution in [2.45, 2.75) is 19.3 Å². The van der Waals surface area contributed by atoms with Crippen molar-refractivity contribution in [2.24, 2.45) is 5.92 Å². The Bertz CT molecular complexity index is 555. The lowest BCUT2D eigenvalue weighted by Gasteiger charge is -2.19. The first-order valence-corrected chi connectivity index (χ1v) is 6.66. The average Bonchev–Trinajstić information content (AvgIpc) is 2.46. The van der Waals surface area contributed by atoms with Gasteiger partial charge in [-0.2, -0.15) is 0 Å². The van der Waals surface area contributed by atoms with Crippen molar-refractivity contribution in [1.82, 2.24) is 4.98 Å². The molecule has 1 aromatic heterocycles. The van der Waals surface area contributed by atoms with E-state index in [4.69, 9.17) is 0 Å². The van der Waals surface area contributed by atoms with E-state index in [0.717, 1.165) is 18.0 Å². The highest BCUT2D eigenvalue weighted by Crippen LogP contribution is 2.23. The predicted octanol–water partition coefficient (Wildman–Crippen LogP) is 4.00. The lowest BCUT2D eigenvalue weighted by molar-refractivity contribution is 0.504. The van der Waals surface area contributed by atoms with E-state index in [1.165, 1.54) is 30.3 Å². The van der Waals surface area contributed by atoms with Crippen LogP contribution in [0.25, 0.3) is 10.9 Å². The molecule has 3 rings (SSSR count). The number of hydrogen-bond acceptors (Lipinski definition) is 2. The largest absolute Gasteiger partial charge is 0.384 e. The summed E-state index contributed by atoms with van der Waals surface area (Å²) in [5.74, 6) is 0.766. The second-order valence-corrected chi connectivity index (χ2v) is 4.91. The minimum Gasteiger partial charge on any atom is -0.384 e. The Hall–Kier alpha value is -1.83. The lowest BCUT2D eigenvalue weighted by Crippen LogP contribution is -2.15. The molecule has 92 valence electrons. The van der Waals surface area contributed by atoms with Crippen LogP contribution in [0.4, 0.5) is 5.69 Å². The Labute approximate surface area is 108 Å². The number of pyridine rings is 1. The average molecular weight is 238 g/mol. The van der Waals surface area contributed by atoms with Gasteiger partial charge in [0.25, 0.3) is 0 Å². The maximum atomic E-state index is 4.39. The summed E-state index contributed by atoms with van der Waals surface area (Å²) in [5, 5.41) is 4.80. The van der Waals surface area contributed by atoms with Crippen molar-refractivity contribution in [3.05, 3.63) is 48.7 Å². The summed E-state index contributed by atoms with van der Waals surface area (Å²) in [7, 11) is 0. The molecule has 2 aromatic rings. The van der Waals surface area contributed by atoms with E-state index in [2.05, 4.69) is 46.7 Å². The first kappa shape index (κ1) is 11.3. The first-order chi connectivity index (χ1) is 8.93. The molecular formula is C16H18N2. The molecule has 0 aliphatic heterocycles. The maximum Gasteiger partial charge on any atom is 0.0722 e. The molecule has 1 atom stereocenters. The van der Waals surface area contributed by atoms with Gasteiger partial charge in [0, 0.05) is 23.8 Å². The summed E-state index contributed by atoms with van der Waals surface area (Å²) < 4.78 is 0. The van der Waals surface area contributed by atoms with Gasteiger partial charge in [-0.15, -0.1) is 0 Å². The topological polar surface area (TPSA) is 24.9 Å². The van der Waals surface area contributed by atoms with E-state index in [1.807, 2.05) is 12.3 Å². The molecule has 1 aliphatic carbocycles. The van der Waals surface area contributed by atoms with Crippen LogP contribution >= 0.6 is 0 Å². The smallest absolute Gasteiger partial charge is 0.0722 e. The third-order valence-corrected chi connectivity index (χ3v) is 3.60. The standard InChI is InChI=1S/C16H18N2/c1-2-6-13(7-3-1)12-18-16-10-4-9-15-14(16)8-5-11-17-15/h1-2,4-5,8-11,13,18H,3,6-7,12H2. The summed E-state index contributed by atoms with van der Waals surface area (Å²) in [6.07, 6.45) is 10.2. The zero-order valence-electron chi connectivity index (χ0n) is 10.5. The van der Waals surface area contributed by atoms with Crippen molar-refractivity contribution < 1.29 is 0 Å². The van der Waals surface area contributed by atoms with Crippen LogP contribution in [0.5, 0.6) is 0 Å². The van der Waals surface area contributed by atoms with Crippen molar-refractivity contribution in [2.75, 3.05) is 11.9 Å². The maximum absolute atomic E-state index is 4.39. The fourth-order valence-corrected chi connectivity index (χ4v) is 2.55. The minimum absolute atomic E-state index is 0.766. The van der Waals surface area contributed by atoms with E-state index >= 15 is 0 Å². The van der Waals surface area contributed by atoms with Gasteiger partial charge in [-0.3, -0.25) is 4.98 Å². The Kier molecular flexibility index (Phi) is 3.26. The summed E-state index contributed by atoms with van der Waals surface area (Å²) in [6, 6.07) is 10.4. The van der Waals surface area contributed by atoms with Gasteiger partial charge in [-0.1, -0.05) is 18.2 Å². The second-order valence-electron chi connectivity index (χ2n) is 4.91. The third-order valence-electron chi connectivity index (χ3n) is 3.60. The first-order valence-electron chi connectivity index (χ1n) is 6.66. The number of hydrogen-bond donors (Lipinski definition) is 1. The third kappa shape index (κ3) is 2.37. The van der Waals surface area contributed by atoms with Gasteiger partial charge in [0.15, 0.2) is 0 Å². The van der Waals surface area contributed by atoms with Crippen molar-refractivity contribution in [3.8, 4) is 0 Å². The fraction of sp³-hybridized carbons (Fsp3) is 0.312. The van der Waals surface area contributed by atoms with Gasteiger partial charge in [-0.05, 0) is 49.4 Å². The van der Waals surface area contributed by atoms with E-state index in [-0.39, 0.29) is 0 Å². The highest BCUT2D eigenvalue weighted by atomic mass is 14.9. The fourth-order valence-electron chi connectivity index (χ4n) is 2.55. The summed E-state index contributed by atoms with van der Waals surface area (Å²) in [4.78, 5) is 4.39. The van der Waals surface area contributed by atoms with Gasteiger partial charge >= 0.3 is 0 Å². The van der Waals surface area contributed by atoms with Crippen LogP contribution in [-0.4, -0.2) is 11.5 Å². The SMILES string of the molecule is C1=CCC(CNc2cccc3ncccc23)CC1. The van der Waals surface area contributed by atoms with Crippen LogP contribution in [0.1, 0.15) is 19.3 Å². The number of nitrogens with one attached hydrogen (secondary N) is 1. The number of aromatic nitrogens is 1. The summed E-state index contributed by atoms with van der Waals surface area (Å²) in [5.41, 5.74) is 2.26. The van der Waals surface area contributed by atoms with Crippen LogP contribution in [0.2, 0.25) is 0 Å². The normalized spacial score (nSPS) is 19.0. The molecule has 1 aliphatic rings. The summed E-state index contributed by atoms with van der Waals surface area (Å²) >= 11 is 0. The minimum atomic E-state index is 0.766. The number of benzene rings is 1. The van der Waals surface area contributed by atoms with Crippen LogP contribution in [0.15, 0.2) is 48.7 Å². The second kappa shape index (κ2) is 5.21. The molecule has 2 heteroatoms. The zero-order valence-corrected chi connectivity index (χ0v) is 10.5. The Morgan fingerprint density at radius 3 is 3.06 bits per heavy atom. The van der Waals surface area contributed by atoms with Crippen LogP contribution in [-0.2, 0) is 0 Å². The summed E-state index contributed by atoms with van der Waals surface area (Å²) in [6.45, 7) is 1.05. The molecule has 1 aromatic carbocycles. The quantitative estimate of drug-likeness (QED) is 0.817. The van der Waals surface area contributed by atoms with E-state index in [1.54, 1.807) is 0 Å². The van der Waals surface area contributed by atoms with Crippen molar-refractivity contribution in [1.29, 1.82) is 0 Å². The Balaban J connectivity index is 1.76. The number of nitrogens with zero attached hydrogens (tertiary/aromatic N) is 1. The van der Waals surface area contributed by atoms with Crippen LogP contribution < -0.4 is 5.32 Å². The van der Waals surface area contributed by atoms with E-state index < -0.39 is 0 Å². The lowest BCUT2D eigenvalue weighted by atomic mass is 9.94. The van der Waals surface area contributed by atoms with Crippen molar-refractivity contribution >= 4 is 16.6 Å². The Morgan fingerprint density at radius 1 is 1.17 bits per heavy atom. The molecule has 0 radical (unpaired) electrons. The molecule has 0 saturated heterocycles. The molecule has 0 bridgehead atoms. The zero-order chi connectivity index (χ0) is 12.2. The Morgan fingerprint density at radius 2 is 2.17 bits per heavy atom. The van der Waals surface area contributed by atoms with E-state index in [9.17, 15) is 0 Å². The van der Waals surface area contributed by atoms with Crippen LogP contribution in [0.3, 0.4) is 0 Å².